The molecule has 2 heterocycles. The molecule has 0 aromatic heterocycles. The van der Waals surface area contributed by atoms with E-state index in [4.69, 9.17) is 19.3 Å². The summed E-state index contributed by atoms with van der Waals surface area (Å²) in [4.78, 5) is 24.6. The van der Waals surface area contributed by atoms with Crippen LogP contribution in [0.2, 0.25) is 0 Å². The van der Waals surface area contributed by atoms with E-state index in [1.807, 2.05) is 13.8 Å². The molecular formula is C20H26O6. The van der Waals surface area contributed by atoms with Gasteiger partial charge in [0.25, 0.3) is 0 Å². The van der Waals surface area contributed by atoms with Gasteiger partial charge in [-0.3, -0.25) is 0 Å². The third-order valence-electron chi connectivity index (χ3n) is 5.54. The number of ether oxygens (including phenoxy) is 3. The van der Waals surface area contributed by atoms with Crippen molar-refractivity contribution in [2.24, 2.45) is 5.92 Å². The number of allylic oxidation sites excluding steroid dienone is 1. The molecule has 0 bridgehead atoms. The number of fused-ring (bicyclic) bond motifs is 3. The van der Waals surface area contributed by atoms with Crippen molar-refractivity contribution >= 4 is 11.9 Å². The van der Waals surface area contributed by atoms with Gasteiger partial charge in [0.2, 0.25) is 0 Å². The van der Waals surface area contributed by atoms with Crippen molar-refractivity contribution < 1.29 is 28.9 Å². The van der Waals surface area contributed by atoms with Crippen LogP contribution in [0.1, 0.15) is 40.0 Å². The van der Waals surface area contributed by atoms with Crippen LogP contribution in [-0.4, -0.2) is 47.6 Å². The molecule has 1 aliphatic carbocycles. The predicted octanol–water partition coefficient (Wildman–Crippen LogP) is 2.22. The lowest BCUT2D eigenvalue weighted by atomic mass is 9.82. The number of aliphatic hydroxyl groups is 1. The molecule has 2 saturated heterocycles. The highest BCUT2D eigenvalue weighted by atomic mass is 16.6. The average Bonchev–Trinajstić information content (AvgIpc) is 3.15. The number of esters is 2. The molecule has 6 nitrogen and oxygen atoms in total. The fraction of sp³-hybridized carbons (Fsp3) is 0.600. The summed E-state index contributed by atoms with van der Waals surface area (Å²) in [5.41, 5.74) is 1.40. The fourth-order valence-corrected chi connectivity index (χ4v) is 3.86. The molecule has 3 unspecified atom stereocenters. The van der Waals surface area contributed by atoms with Crippen LogP contribution in [0.4, 0.5) is 0 Å². The molecule has 142 valence electrons. The third kappa shape index (κ3) is 3.48. The van der Waals surface area contributed by atoms with Crippen molar-refractivity contribution in [1.82, 2.24) is 0 Å². The van der Waals surface area contributed by atoms with Crippen LogP contribution in [-0.2, 0) is 23.8 Å². The van der Waals surface area contributed by atoms with Crippen molar-refractivity contribution in [3.05, 3.63) is 35.5 Å². The molecule has 0 spiro atoms. The number of carbonyl (C=O) groups is 2. The van der Waals surface area contributed by atoms with E-state index in [9.17, 15) is 9.59 Å². The lowest BCUT2D eigenvalue weighted by molar-refractivity contribution is -0.148. The number of rotatable bonds is 3. The highest BCUT2D eigenvalue weighted by Gasteiger charge is 2.63. The Morgan fingerprint density at radius 1 is 1.54 bits per heavy atom. The minimum atomic E-state index is -0.573. The third-order valence-corrected chi connectivity index (χ3v) is 5.54. The lowest BCUT2D eigenvalue weighted by Gasteiger charge is -2.28. The summed E-state index contributed by atoms with van der Waals surface area (Å²) in [6.07, 6.45) is 4.45. The first-order valence-electron chi connectivity index (χ1n) is 8.98. The van der Waals surface area contributed by atoms with Gasteiger partial charge in [-0.25, -0.2) is 9.59 Å². The first-order chi connectivity index (χ1) is 12.3. The molecule has 0 amide bonds. The van der Waals surface area contributed by atoms with E-state index < -0.39 is 30.1 Å². The first-order valence-corrected chi connectivity index (χ1v) is 8.98. The first kappa shape index (κ1) is 18.9. The van der Waals surface area contributed by atoms with Gasteiger partial charge in [-0.1, -0.05) is 18.2 Å². The van der Waals surface area contributed by atoms with E-state index in [1.165, 1.54) is 6.08 Å². The average molecular weight is 362 g/mol. The lowest BCUT2D eigenvalue weighted by Crippen LogP contribution is -2.38. The van der Waals surface area contributed by atoms with Gasteiger partial charge in [-0.15, -0.1) is 0 Å². The van der Waals surface area contributed by atoms with Crippen LogP contribution in [0, 0.1) is 5.92 Å². The van der Waals surface area contributed by atoms with Gasteiger partial charge in [0.1, 0.15) is 18.3 Å². The van der Waals surface area contributed by atoms with Crippen LogP contribution in [0.25, 0.3) is 0 Å². The zero-order valence-electron chi connectivity index (χ0n) is 15.5. The minimum Gasteiger partial charge on any atom is -0.458 e. The molecule has 3 aliphatic rings. The van der Waals surface area contributed by atoms with Crippen molar-refractivity contribution in [2.45, 2.75) is 63.9 Å². The summed E-state index contributed by atoms with van der Waals surface area (Å²) in [5, 5.41) is 8.99. The number of hydrogen-bond donors (Lipinski definition) is 1. The monoisotopic (exact) mass is 362 g/mol. The summed E-state index contributed by atoms with van der Waals surface area (Å²) < 4.78 is 17.2. The van der Waals surface area contributed by atoms with Gasteiger partial charge in [0, 0.05) is 17.6 Å². The second kappa shape index (κ2) is 7.00. The largest absolute Gasteiger partial charge is 0.458 e. The Morgan fingerprint density at radius 3 is 2.96 bits per heavy atom. The minimum absolute atomic E-state index is 0.210. The van der Waals surface area contributed by atoms with Crippen LogP contribution in [0.5, 0.6) is 0 Å². The Bertz CT molecular complexity index is 690. The fourth-order valence-electron chi connectivity index (χ4n) is 3.86. The molecule has 3 rings (SSSR count). The van der Waals surface area contributed by atoms with E-state index >= 15 is 0 Å². The molecule has 0 aromatic carbocycles. The maximum absolute atomic E-state index is 12.4. The Hall–Kier alpha value is -1.92. The molecule has 6 heteroatoms. The number of hydrogen-bond acceptors (Lipinski definition) is 6. The van der Waals surface area contributed by atoms with E-state index in [0.717, 1.165) is 18.4 Å². The van der Waals surface area contributed by atoms with Gasteiger partial charge in [-0.2, -0.15) is 0 Å². The smallest absolute Gasteiger partial charge is 0.334 e. The molecule has 1 N–H and O–H groups in total. The molecule has 5 atom stereocenters. The highest BCUT2D eigenvalue weighted by Crippen LogP contribution is 2.50. The highest BCUT2D eigenvalue weighted by molar-refractivity contribution is 5.91. The number of epoxide rings is 1. The van der Waals surface area contributed by atoms with Gasteiger partial charge in [0.15, 0.2) is 0 Å². The predicted molar refractivity (Wildman–Crippen MR) is 94.1 cm³/mol. The Balaban J connectivity index is 1.92. The van der Waals surface area contributed by atoms with Gasteiger partial charge in [-0.05, 0) is 39.7 Å². The van der Waals surface area contributed by atoms with E-state index in [0.29, 0.717) is 17.6 Å². The van der Waals surface area contributed by atoms with Crippen molar-refractivity contribution in [3.8, 4) is 0 Å². The van der Waals surface area contributed by atoms with Crippen molar-refractivity contribution in [2.75, 3.05) is 6.61 Å². The molecule has 0 saturated carbocycles. The van der Waals surface area contributed by atoms with Crippen LogP contribution < -0.4 is 0 Å². The maximum Gasteiger partial charge on any atom is 0.334 e. The van der Waals surface area contributed by atoms with E-state index in [1.54, 1.807) is 6.92 Å². The normalized spacial score (nSPS) is 39.2. The van der Waals surface area contributed by atoms with Crippen LogP contribution in [0.3, 0.4) is 0 Å². The van der Waals surface area contributed by atoms with Crippen molar-refractivity contribution in [3.63, 3.8) is 0 Å². The summed E-state index contributed by atoms with van der Waals surface area (Å²) in [6, 6.07) is 0. The molecule has 2 fully saturated rings. The number of aliphatic hydroxyl groups excluding tert-OH is 1. The molecule has 26 heavy (non-hydrogen) atoms. The van der Waals surface area contributed by atoms with Gasteiger partial charge in [0.05, 0.1) is 18.1 Å². The Kier molecular flexibility index (Phi) is 5.08. The van der Waals surface area contributed by atoms with Gasteiger partial charge >= 0.3 is 11.9 Å². The summed E-state index contributed by atoms with van der Waals surface area (Å²) >= 11 is 0. The Labute approximate surface area is 153 Å². The summed E-state index contributed by atoms with van der Waals surface area (Å²) in [6.45, 7) is 9.25. The molecule has 0 radical (unpaired) electrons. The topological polar surface area (TPSA) is 85.4 Å². The molecular weight excluding hydrogens is 336 g/mol. The second-order valence-electron chi connectivity index (χ2n) is 7.58. The second-order valence-corrected chi connectivity index (χ2v) is 7.58. The van der Waals surface area contributed by atoms with Crippen LogP contribution >= 0.6 is 0 Å². The molecule has 0 aromatic rings. The van der Waals surface area contributed by atoms with E-state index in [2.05, 4.69) is 12.7 Å². The van der Waals surface area contributed by atoms with Gasteiger partial charge < -0.3 is 19.3 Å². The maximum atomic E-state index is 12.4. The quantitative estimate of drug-likeness (QED) is 0.359. The molecule has 2 aliphatic heterocycles. The summed E-state index contributed by atoms with van der Waals surface area (Å²) in [7, 11) is 0. The van der Waals surface area contributed by atoms with E-state index in [-0.39, 0.29) is 18.3 Å². The zero-order valence-corrected chi connectivity index (χ0v) is 15.5. The standard InChI is InChI=1S/C20H26O6/c1-11-6-5-8-20(4)17(26-20)16-15(13(3)19(23)25-16)14(10-11)24-18(22)12(2)7-9-21/h6-7,14-17,21H,3,5,8-10H2,1-2,4H3/b11-6-,12-7+/t14?,15?,16-,17?,20+/m0/s1. The zero-order chi connectivity index (χ0) is 19.1. The number of carbonyl (C=O) groups excluding carboxylic acids is 2. The summed E-state index contributed by atoms with van der Waals surface area (Å²) in [5.74, 6) is -1.41. The Morgan fingerprint density at radius 2 is 2.27 bits per heavy atom. The van der Waals surface area contributed by atoms with Crippen molar-refractivity contribution in [1.29, 1.82) is 0 Å². The SMILES string of the molecule is C=C1C(=O)O[C@H]2C1C(OC(=O)/C(C)=C/CO)C/C(C)=C\CC[C@@]1(C)OC21. The van der Waals surface area contributed by atoms with Crippen LogP contribution in [0.15, 0.2) is 35.5 Å².